The molecule has 13 heavy (non-hydrogen) atoms. The van der Waals surface area contributed by atoms with Crippen LogP contribution in [0, 0.1) is 0 Å². The first-order valence-corrected chi connectivity index (χ1v) is 4.92. The van der Waals surface area contributed by atoms with Crippen molar-refractivity contribution in [2.45, 2.75) is 33.2 Å². The summed E-state index contributed by atoms with van der Waals surface area (Å²) in [6, 6.07) is 2.36. The lowest BCUT2D eigenvalue weighted by molar-refractivity contribution is 0.881. The van der Waals surface area contributed by atoms with Gasteiger partial charge in [-0.1, -0.05) is 18.5 Å². The van der Waals surface area contributed by atoms with Gasteiger partial charge in [-0.2, -0.15) is 0 Å². The molecule has 1 N–H and O–H groups in total. The van der Waals surface area contributed by atoms with Crippen LogP contribution in [0.15, 0.2) is 12.3 Å². The zero-order valence-corrected chi connectivity index (χ0v) is 9.02. The van der Waals surface area contributed by atoms with Gasteiger partial charge < -0.3 is 5.32 Å². The number of nitrogens with zero attached hydrogens (tertiary/aromatic N) is 1. The summed E-state index contributed by atoms with van der Waals surface area (Å²) in [6.07, 6.45) is 2.62. The lowest BCUT2D eigenvalue weighted by Crippen LogP contribution is -2.12. The third kappa shape index (κ3) is 2.88. The van der Waals surface area contributed by atoms with E-state index in [1.807, 2.05) is 6.07 Å². The molecule has 0 fully saturated rings. The number of aromatic nitrogens is 1. The summed E-state index contributed by atoms with van der Waals surface area (Å²) < 4.78 is 0. The fourth-order valence-electron chi connectivity index (χ4n) is 1.15. The number of hydrogen-bond acceptors (Lipinski definition) is 2. The van der Waals surface area contributed by atoms with Gasteiger partial charge in [-0.3, -0.25) is 0 Å². The summed E-state index contributed by atoms with van der Waals surface area (Å²) >= 11 is 5.84. The molecular weight excluding hydrogens is 184 g/mol. The summed E-state index contributed by atoms with van der Waals surface area (Å²) in [5.41, 5.74) is 1.17. The second-order valence-electron chi connectivity index (χ2n) is 3.31. The van der Waals surface area contributed by atoms with Crippen LogP contribution in [0.2, 0.25) is 5.02 Å². The van der Waals surface area contributed by atoms with Crippen LogP contribution in [0.5, 0.6) is 0 Å². The Labute approximate surface area is 84.3 Å². The highest BCUT2D eigenvalue weighted by Gasteiger charge is 2.03. The second kappa shape index (κ2) is 4.47. The molecule has 0 radical (unpaired) electrons. The van der Waals surface area contributed by atoms with Crippen LogP contribution < -0.4 is 5.32 Å². The summed E-state index contributed by atoms with van der Waals surface area (Å²) in [7, 11) is 0. The Hall–Kier alpha value is -0.760. The van der Waals surface area contributed by atoms with E-state index in [0.717, 1.165) is 12.2 Å². The van der Waals surface area contributed by atoms with Crippen molar-refractivity contribution in [3.8, 4) is 0 Å². The Morgan fingerprint density at radius 1 is 1.54 bits per heavy atom. The molecule has 1 heterocycles. The number of hydrogen-bond donors (Lipinski definition) is 1. The van der Waals surface area contributed by atoms with Crippen molar-refractivity contribution in [1.29, 1.82) is 0 Å². The Bertz CT molecular complexity index is 284. The summed E-state index contributed by atoms with van der Waals surface area (Å²) in [5.74, 6) is 0.946. The van der Waals surface area contributed by atoms with Crippen molar-refractivity contribution < 1.29 is 0 Å². The zero-order chi connectivity index (χ0) is 9.84. The quantitative estimate of drug-likeness (QED) is 0.808. The number of anilines is 1. The Kier molecular flexibility index (Phi) is 3.55. The first kappa shape index (κ1) is 10.3. The van der Waals surface area contributed by atoms with E-state index in [9.17, 15) is 0 Å². The van der Waals surface area contributed by atoms with Crippen molar-refractivity contribution in [1.82, 2.24) is 4.98 Å². The smallest absolute Gasteiger partial charge is 0.129 e. The van der Waals surface area contributed by atoms with Gasteiger partial charge in [0.2, 0.25) is 0 Å². The SMILES string of the molecule is CCc1cc(Cl)cnc1NC(C)C. The average molecular weight is 199 g/mol. The summed E-state index contributed by atoms with van der Waals surface area (Å²) in [4.78, 5) is 4.25. The summed E-state index contributed by atoms with van der Waals surface area (Å²) in [6.45, 7) is 6.28. The lowest BCUT2D eigenvalue weighted by atomic mass is 10.2. The Balaban J connectivity index is 2.92. The molecule has 0 aromatic carbocycles. The average Bonchev–Trinajstić information content (AvgIpc) is 2.07. The van der Waals surface area contributed by atoms with E-state index in [0.29, 0.717) is 11.1 Å². The van der Waals surface area contributed by atoms with Crippen LogP contribution in [-0.2, 0) is 6.42 Å². The molecule has 2 nitrogen and oxygen atoms in total. The molecule has 1 aromatic heterocycles. The fraction of sp³-hybridized carbons (Fsp3) is 0.500. The normalized spacial score (nSPS) is 10.5. The van der Waals surface area contributed by atoms with E-state index in [1.54, 1.807) is 6.20 Å². The largest absolute Gasteiger partial charge is 0.368 e. The molecule has 1 aromatic rings. The van der Waals surface area contributed by atoms with Crippen LogP contribution in [0.4, 0.5) is 5.82 Å². The standard InChI is InChI=1S/C10H15ClN2/c1-4-8-5-9(11)6-12-10(8)13-7(2)3/h5-7H,4H2,1-3H3,(H,12,13). The van der Waals surface area contributed by atoms with Crippen LogP contribution in [0.3, 0.4) is 0 Å². The Morgan fingerprint density at radius 3 is 2.77 bits per heavy atom. The van der Waals surface area contributed by atoms with E-state index in [-0.39, 0.29) is 0 Å². The molecular formula is C10H15ClN2. The maximum absolute atomic E-state index is 5.84. The number of rotatable bonds is 3. The van der Waals surface area contributed by atoms with E-state index in [4.69, 9.17) is 11.6 Å². The fourth-order valence-corrected chi connectivity index (χ4v) is 1.33. The van der Waals surface area contributed by atoms with E-state index in [1.165, 1.54) is 5.56 Å². The van der Waals surface area contributed by atoms with Gasteiger partial charge in [0.15, 0.2) is 0 Å². The van der Waals surface area contributed by atoms with Gasteiger partial charge >= 0.3 is 0 Å². The minimum atomic E-state index is 0.402. The number of aryl methyl sites for hydroxylation is 1. The maximum atomic E-state index is 5.84. The topological polar surface area (TPSA) is 24.9 Å². The first-order chi connectivity index (χ1) is 6.13. The molecule has 0 atom stereocenters. The van der Waals surface area contributed by atoms with Gasteiger partial charge in [-0.05, 0) is 31.9 Å². The van der Waals surface area contributed by atoms with Crippen molar-refractivity contribution in [2.75, 3.05) is 5.32 Å². The highest BCUT2D eigenvalue weighted by Crippen LogP contribution is 2.18. The van der Waals surface area contributed by atoms with E-state index >= 15 is 0 Å². The van der Waals surface area contributed by atoms with Crippen molar-refractivity contribution >= 4 is 17.4 Å². The highest BCUT2D eigenvalue weighted by atomic mass is 35.5. The van der Waals surface area contributed by atoms with Crippen LogP contribution in [-0.4, -0.2) is 11.0 Å². The Morgan fingerprint density at radius 2 is 2.23 bits per heavy atom. The van der Waals surface area contributed by atoms with Crippen molar-refractivity contribution in [3.05, 3.63) is 22.8 Å². The third-order valence-corrected chi connectivity index (χ3v) is 1.95. The maximum Gasteiger partial charge on any atom is 0.129 e. The molecule has 0 aliphatic carbocycles. The number of pyridine rings is 1. The molecule has 0 saturated carbocycles. The molecule has 0 aliphatic rings. The molecule has 0 amide bonds. The molecule has 72 valence electrons. The predicted molar refractivity (Wildman–Crippen MR) is 57.4 cm³/mol. The van der Waals surface area contributed by atoms with Gasteiger partial charge in [-0.15, -0.1) is 0 Å². The monoisotopic (exact) mass is 198 g/mol. The van der Waals surface area contributed by atoms with Gasteiger partial charge in [0, 0.05) is 12.2 Å². The van der Waals surface area contributed by atoms with Gasteiger partial charge in [0.25, 0.3) is 0 Å². The van der Waals surface area contributed by atoms with Crippen LogP contribution >= 0.6 is 11.6 Å². The molecule has 0 bridgehead atoms. The predicted octanol–water partition coefficient (Wildman–Crippen LogP) is 3.12. The van der Waals surface area contributed by atoms with Crippen molar-refractivity contribution in [2.24, 2.45) is 0 Å². The molecule has 1 rings (SSSR count). The first-order valence-electron chi connectivity index (χ1n) is 4.54. The number of halogens is 1. The van der Waals surface area contributed by atoms with E-state index in [2.05, 4.69) is 31.1 Å². The molecule has 0 saturated heterocycles. The highest BCUT2D eigenvalue weighted by molar-refractivity contribution is 6.30. The van der Waals surface area contributed by atoms with Gasteiger partial charge in [0.1, 0.15) is 5.82 Å². The van der Waals surface area contributed by atoms with Gasteiger partial charge in [0.05, 0.1) is 5.02 Å². The van der Waals surface area contributed by atoms with Crippen LogP contribution in [0.1, 0.15) is 26.3 Å². The third-order valence-electron chi connectivity index (χ3n) is 1.74. The molecule has 3 heteroatoms. The summed E-state index contributed by atoms with van der Waals surface area (Å²) in [5, 5.41) is 3.98. The lowest BCUT2D eigenvalue weighted by Gasteiger charge is -2.12. The molecule has 0 spiro atoms. The van der Waals surface area contributed by atoms with Gasteiger partial charge in [-0.25, -0.2) is 4.98 Å². The minimum absolute atomic E-state index is 0.402. The number of nitrogens with one attached hydrogen (secondary N) is 1. The van der Waals surface area contributed by atoms with E-state index < -0.39 is 0 Å². The minimum Gasteiger partial charge on any atom is -0.368 e. The molecule has 0 unspecified atom stereocenters. The molecule has 0 aliphatic heterocycles. The zero-order valence-electron chi connectivity index (χ0n) is 8.26. The van der Waals surface area contributed by atoms with Crippen LogP contribution in [0.25, 0.3) is 0 Å². The second-order valence-corrected chi connectivity index (χ2v) is 3.75. The van der Waals surface area contributed by atoms with Crippen molar-refractivity contribution in [3.63, 3.8) is 0 Å².